The van der Waals surface area contributed by atoms with Gasteiger partial charge in [-0.15, -0.1) is 0 Å². The lowest BCUT2D eigenvalue weighted by molar-refractivity contribution is 0.103. The number of hydrogen-bond acceptors (Lipinski definition) is 3. The average Bonchev–Trinajstić information content (AvgIpc) is 2.53. The normalized spacial score (nSPS) is 10.4. The summed E-state index contributed by atoms with van der Waals surface area (Å²) in [6.07, 6.45) is 1.89. The maximum Gasteiger partial charge on any atom is 0.196 e. The van der Waals surface area contributed by atoms with Gasteiger partial charge in [0, 0.05) is 11.3 Å². The predicted octanol–water partition coefficient (Wildman–Crippen LogP) is 3.63. The summed E-state index contributed by atoms with van der Waals surface area (Å²) in [6, 6.07) is 11.0. The number of anilines is 1. The molecule has 0 heterocycles. The molecule has 0 aliphatic heterocycles. The van der Waals surface area contributed by atoms with Crippen molar-refractivity contribution in [3.05, 3.63) is 58.7 Å². The molecule has 2 rings (SSSR count). The molecule has 2 aromatic carbocycles. The van der Waals surface area contributed by atoms with Crippen LogP contribution >= 0.6 is 0 Å². The zero-order chi connectivity index (χ0) is 15.4. The van der Waals surface area contributed by atoms with Gasteiger partial charge in [0.15, 0.2) is 5.78 Å². The fourth-order valence-electron chi connectivity index (χ4n) is 2.50. The van der Waals surface area contributed by atoms with Gasteiger partial charge in [-0.3, -0.25) is 4.79 Å². The van der Waals surface area contributed by atoms with Gasteiger partial charge in [0.2, 0.25) is 0 Å². The lowest BCUT2D eigenvalue weighted by Gasteiger charge is -2.11. The smallest absolute Gasteiger partial charge is 0.196 e. The first-order valence-electron chi connectivity index (χ1n) is 7.20. The molecule has 110 valence electrons. The van der Waals surface area contributed by atoms with Crippen LogP contribution in [0.1, 0.15) is 40.9 Å². The zero-order valence-electron chi connectivity index (χ0n) is 12.8. The van der Waals surface area contributed by atoms with Crippen molar-refractivity contribution >= 4 is 11.5 Å². The molecular formula is C18H21NO2. The summed E-state index contributed by atoms with van der Waals surface area (Å²) in [4.78, 5) is 12.7. The zero-order valence-corrected chi connectivity index (χ0v) is 12.8. The number of ketones is 1. The first-order chi connectivity index (χ1) is 10.1. The van der Waals surface area contributed by atoms with Gasteiger partial charge < -0.3 is 10.5 Å². The van der Waals surface area contributed by atoms with Crippen LogP contribution in [0.2, 0.25) is 0 Å². The SMILES string of the molecule is CCc1ccc(C(=O)c2cc(N)ccc2OC)cc1CC. The Hall–Kier alpha value is -2.29. The van der Waals surface area contributed by atoms with Crippen molar-refractivity contribution < 1.29 is 9.53 Å². The molecule has 3 nitrogen and oxygen atoms in total. The Kier molecular flexibility index (Phi) is 4.63. The van der Waals surface area contributed by atoms with Crippen LogP contribution < -0.4 is 10.5 Å². The number of aryl methyl sites for hydroxylation is 2. The molecule has 2 aromatic rings. The van der Waals surface area contributed by atoms with Gasteiger partial charge in [-0.1, -0.05) is 26.0 Å². The molecule has 0 saturated carbocycles. The second-order valence-electron chi connectivity index (χ2n) is 4.98. The highest BCUT2D eigenvalue weighted by Gasteiger charge is 2.16. The van der Waals surface area contributed by atoms with Gasteiger partial charge >= 0.3 is 0 Å². The fourth-order valence-corrected chi connectivity index (χ4v) is 2.50. The summed E-state index contributed by atoms with van der Waals surface area (Å²) in [5, 5.41) is 0. The van der Waals surface area contributed by atoms with E-state index in [9.17, 15) is 4.79 Å². The van der Waals surface area contributed by atoms with Gasteiger partial charge in [-0.05, 0) is 48.2 Å². The first kappa shape index (κ1) is 15.1. The van der Waals surface area contributed by atoms with Crippen molar-refractivity contribution in [3.63, 3.8) is 0 Å². The number of hydrogen-bond donors (Lipinski definition) is 1. The summed E-state index contributed by atoms with van der Waals surface area (Å²) in [5.74, 6) is 0.489. The lowest BCUT2D eigenvalue weighted by Crippen LogP contribution is -2.06. The van der Waals surface area contributed by atoms with Crippen molar-refractivity contribution in [1.82, 2.24) is 0 Å². The number of rotatable bonds is 5. The number of carbonyl (C=O) groups excluding carboxylic acids is 1. The quantitative estimate of drug-likeness (QED) is 0.673. The van der Waals surface area contributed by atoms with Crippen LogP contribution in [0.25, 0.3) is 0 Å². The highest BCUT2D eigenvalue weighted by molar-refractivity contribution is 6.11. The summed E-state index contributed by atoms with van der Waals surface area (Å²) in [6.45, 7) is 4.22. The van der Waals surface area contributed by atoms with Crippen LogP contribution in [0.15, 0.2) is 36.4 Å². The van der Waals surface area contributed by atoms with E-state index in [1.807, 2.05) is 18.2 Å². The molecule has 0 aromatic heterocycles. The Morgan fingerprint density at radius 2 is 1.76 bits per heavy atom. The third-order valence-corrected chi connectivity index (χ3v) is 3.70. The van der Waals surface area contributed by atoms with Crippen molar-refractivity contribution in [3.8, 4) is 5.75 Å². The predicted molar refractivity (Wildman–Crippen MR) is 86.0 cm³/mol. The van der Waals surface area contributed by atoms with E-state index in [0.29, 0.717) is 22.6 Å². The van der Waals surface area contributed by atoms with Crippen LogP contribution in [0.3, 0.4) is 0 Å². The molecule has 0 radical (unpaired) electrons. The van der Waals surface area contributed by atoms with Crippen molar-refractivity contribution in [1.29, 1.82) is 0 Å². The van der Waals surface area contributed by atoms with E-state index >= 15 is 0 Å². The maximum absolute atomic E-state index is 12.7. The van der Waals surface area contributed by atoms with E-state index in [1.165, 1.54) is 11.1 Å². The Balaban J connectivity index is 2.47. The van der Waals surface area contributed by atoms with E-state index in [4.69, 9.17) is 10.5 Å². The summed E-state index contributed by atoms with van der Waals surface area (Å²) in [5.41, 5.74) is 10.0. The van der Waals surface area contributed by atoms with E-state index in [-0.39, 0.29) is 5.78 Å². The minimum absolute atomic E-state index is 0.0588. The maximum atomic E-state index is 12.7. The van der Waals surface area contributed by atoms with Crippen molar-refractivity contribution in [2.24, 2.45) is 0 Å². The van der Waals surface area contributed by atoms with Crippen LogP contribution in [0, 0.1) is 0 Å². The molecule has 2 N–H and O–H groups in total. The second-order valence-corrected chi connectivity index (χ2v) is 4.98. The number of carbonyl (C=O) groups is 1. The minimum Gasteiger partial charge on any atom is -0.496 e. The minimum atomic E-state index is -0.0588. The molecule has 0 aliphatic rings. The van der Waals surface area contributed by atoms with E-state index in [2.05, 4.69) is 13.8 Å². The molecule has 0 aliphatic carbocycles. The number of nitrogen functional groups attached to an aromatic ring is 1. The first-order valence-corrected chi connectivity index (χ1v) is 7.20. The van der Waals surface area contributed by atoms with Gasteiger partial charge in [0.05, 0.1) is 12.7 Å². The molecule has 0 atom stereocenters. The van der Waals surface area contributed by atoms with Gasteiger partial charge in [-0.25, -0.2) is 0 Å². The average molecular weight is 283 g/mol. The van der Waals surface area contributed by atoms with Crippen LogP contribution in [0.5, 0.6) is 5.75 Å². The standard InChI is InChI=1S/C18H21NO2/c1-4-12-6-7-14(10-13(12)5-2)18(20)16-11-15(19)8-9-17(16)21-3/h6-11H,4-5,19H2,1-3H3. The van der Waals surface area contributed by atoms with E-state index in [0.717, 1.165) is 12.8 Å². The topological polar surface area (TPSA) is 52.3 Å². The third kappa shape index (κ3) is 3.07. The molecule has 0 spiro atoms. The van der Waals surface area contributed by atoms with Crippen molar-refractivity contribution in [2.45, 2.75) is 26.7 Å². The number of methoxy groups -OCH3 is 1. The van der Waals surface area contributed by atoms with Crippen LogP contribution in [-0.4, -0.2) is 12.9 Å². The van der Waals surface area contributed by atoms with Crippen LogP contribution in [0.4, 0.5) is 5.69 Å². The highest BCUT2D eigenvalue weighted by Crippen LogP contribution is 2.25. The Morgan fingerprint density at radius 3 is 2.38 bits per heavy atom. The van der Waals surface area contributed by atoms with Gasteiger partial charge in [0.1, 0.15) is 5.75 Å². The molecule has 0 amide bonds. The molecular weight excluding hydrogens is 262 g/mol. The Labute approximate surface area is 125 Å². The summed E-state index contributed by atoms with van der Waals surface area (Å²) in [7, 11) is 1.56. The molecule has 3 heteroatoms. The Bertz CT molecular complexity index is 662. The molecule has 0 saturated heterocycles. The number of ether oxygens (including phenoxy) is 1. The summed E-state index contributed by atoms with van der Waals surface area (Å²) < 4.78 is 5.27. The fraction of sp³-hybridized carbons (Fsp3) is 0.278. The monoisotopic (exact) mass is 283 g/mol. The van der Waals surface area contributed by atoms with Gasteiger partial charge in [0.25, 0.3) is 0 Å². The third-order valence-electron chi connectivity index (χ3n) is 3.70. The number of benzene rings is 2. The lowest BCUT2D eigenvalue weighted by atomic mass is 9.95. The summed E-state index contributed by atoms with van der Waals surface area (Å²) >= 11 is 0. The molecule has 0 fully saturated rings. The van der Waals surface area contributed by atoms with Crippen LogP contribution in [-0.2, 0) is 12.8 Å². The van der Waals surface area contributed by atoms with E-state index < -0.39 is 0 Å². The van der Waals surface area contributed by atoms with Crippen molar-refractivity contribution in [2.75, 3.05) is 12.8 Å². The van der Waals surface area contributed by atoms with E-state index in [1.54, 1.807) is 25.3 Å². The molecule has 0 unspecified atom stereocenters. The number of nitrogens with two attached hydrogens (primary N) is 1. The molecule has 21 heavy (non-hydrogen) atoms. The highest BCUT2D eigenvalue weighted by atomic mass is 16.5. The molecule has 0 bridgehead atoms. The largest absolute Gasteiger partial charge is 0.496 e. The Morgan fingerprint density at radius 1 is 1.05 bits per heavy atom. The second kappa shape index (κ2) is 6.44. The van der Waals surface area contributed by atoms with Gasteiger partial charge in [-0.2, -0.15) is 0 Å².